The molecular formula is C13H18NRh-. The van der Waals surface area contributed by atoms with Gasteiger partial charge in [-0.2, -0.15) is 5.92 Å². The van der Waals surface area contributed by atoms with Gasteiger partial charge in [0.25, 0.3) is 0 Å². The summed E-state index contributed by atoms with van der Waals surface area (Å²) in [7, 11) is 2.18. The predicted molar refractivity (Wildman–Crippen MR) is 61.5 cm³/mol. The van der Waals surface area contributed by atoms with E-state index >= 15 is 0 Å². The topological polar surface area (TPSA) is 3.24 Å². The van der Waals surface area contributed by atoms with Gasteiger partial charge < -0.3 is 11.3 Å². The van der Waals surface area contributed by atoms with E-state index in [2.05, 4.69) is 56.5 Å². The van der Waals surface area contributed by atoms with E-state index < -0.39 is 0 Å². The molecule has 1 radical (unpaired) electrons. The third-order valence-corrected chi connectivity index (χ3v) is 3.13. The van der Waals surface area contributed by atoms with Crippen molar-refractivity contribution >= 4 is 5.69 Å². The summed E-state index contributed by atoms with van der Waals surface area (Å²) in [6, 6.07) is 9.26. The van der Waals surface area contributed by atoms with E-state index in [0.717, 1.165) is 0 Å². The van der Waals surface area contributed by atoms with Gasteiger partial charge in [0.2, 0.25) is 0 Å². The molecule has 2 unspecified atom stereocenters. The summed E-state index contributed by atoms with van der Waals surface area (Å²) >= 11 is 0. The summed E-state index contributed by atoms with van der Waals surface area (Å²) in [6.45, 7) is 4.56. The Hall–Kier alpha value is -0.357. The van der Waals surface area contributed by atoms with Gasteiger partial charge in [-0.15, -0.1) is 0 Å². The number of fused-ring (bicyclic) bond motifs is 1. The first kappa shape index (κ1) is 12.7. The summed E-state index contributed by atoms with van der Waals surface area (Å²) in [5.74, 6) is 0.677. The van der Waals surface area contributed by atoms with Gasteiger partial charge in [-0.25, -0.2) is 0 Å². The van der Waals surface area contributed by atoms with E-state index in [-0.39, 0.29) is 19.5 Å². The molecule has 1 aliphatic heterocycles. The van der Waals surface area contributed by atoms with Gasteiger partial charge in [0.1, 0.15) is 0 Å². The molecule has 0 saturated carbocycles. The molecule has 0 bridgehead atoms. The fourth-order valence-electron chi connectivity index (χ4n) is 2.27. The SMILES string of the molecule is CC1[CH-]C(C)N(C)c2ccccc2C1.[Rh]. The van der Waals surface area contributed by atoms with Crippen molar-refractivity contribution in [2.75, 3.05) is 11.9 Å². The number of benzene rings is 1. The Morgan fingerprint density at radius 1 is 1.27 bits per heavy atom. The van der Waals surface area contributed by atoms with E-state index in [1.165, 1.54) is 17.7 Å². The van der Waals surface area contributed by atoms with Crippen LogP contribution in [0.1, 0.15) is 19.4 Å². The maximum Gasteiger partial charge on any atom is 0.0373 e. The molecule has 1 heterocycles. The second-order valence-electron chi connectivity index (χ2n) is 4.35. The molecule has 0 saturated heterocycles. The van der Waals surface area contributed by atoms with Crippen molar-refractivity contribution in [2.45, 2.75) is 26.3 Å². The van der Waals surface area contributed by atoms with Crippen molar-refractivity contribution in [3.05, 3.63) is 36.2 Å². The van der Waals surface area contributed by atoms with Crippen LogP contribution in [0.25, 0.3) is 0 Å². The van der Waals surface area contributed by atoms with Gasteiger partial charge in [0.05, 0.1) is 0 Å². The zero-order valence-electron chi connectivity index (χ0n) is 9.53. The van der Waals surface area contributed by atoms with Gasteiger partial charge in [0, 0.05) is 32.2 Å². The zero-order valence-corrected chi connectivity index (χ0v) is 11.2. The molecule has 2 atom stereocenters. The summed E-state index contributed by atoms with van der Waals surface area (Å²) in [4.78, 5) is 2.36. The minimum atomic E-state index is 0. The van der Waals surface area contributed by atoms with Crippen LogP contribution in [-0.4, -0.2) is 13.1 Å². The van der Waals surface area contributed by atoms with Gasteiger partial charge in [-0.3, -0.25) is 0 Å². The number of nitrogens with zero attached hydrogens (tertiary/aromatic N) is 1. The zero-order chi connectivity index (χ0) is 10.1. The van der Waals surface area contributed by atoms with Crippen molar-refractivity contribution in [1.29, 1.82) is 0 Å². The molecule has 0 spiro atoms. The first-order valence-electron chi connectivity index (χ1n) is 5.34. The molecule has 1 aliphatic rings. The normalized spacial score (nSPS) is 25.1. The van der Waals surface area contributed by atoms with E-state index in [9.17, 15) is 0 Å². The number of hydrogen-bond donors (Lipinski definition) is 0. The van der Waals surface area contributed by atoms with Crippen LogP contribution < -0.4 is 4.90 Å². The number of rotatable bonds is 0. The van der Waals surface area contributed by atoms with Crippen LogP contribution in [-0.2, 0) is 25.9 Å². The maximum absolute atomic E-state index is 2.43. The van der Waals surface area contributed by atoms with Crippen LogP contribution in [0.3, 0.4) is 0 Å². The average molecular weight is 291 g/mol. The molecule has 15 heavy (non-hydrogen) atoms. The van der Waals surface area contributed by atoms with Gasteiger partial charge in [0.15, 0.2) is 0 Å². The maximum atomic E-state index is 2.43. The van der Waals surface area contributed by atoms with Gasteiger partial charge >= 0.3 is 0 Å². The van der Waals surface area contributed by atoms with Crippen molar-refractivity contribution in [1.82, 2.24) is 0 Å². The third kappa shape index (κ3) is 2.61. The molecule has 0 fully saturated rings. The summed E-state index contributed by atoms with van der Waals surface area (Å²) in [5, 5.41) is 0. The first-order chi connectivity index (χ1) is 6.68. The number of para-hydroxylation sites is 1. The second-order valence-corrected chi connectivity index (χ2v) is 4.35. The Kier molecular flexibility index (Phi) is 4.34. The van der Waals surface area contributed by atoms with Crippen LogP contribution in [0.4, 0.5) is 5.69 Å². The molecule has 0 N–H and O–H groups in total. The van der Waals surface area contributed by atoms with Crippen molar-refractivity contribution in [2.24, 2.45) is 5.92 Å². The largest absolute Gasteiger partial charge is 0.401 e. The summed E-state index contributed by atoms with van der Waals surface area (Å²) < 4.78 is 0. The molecule has 1 aromatic rings. The van der Waals surface area contributed by atoms with Crippen molar-refractivity contribution in [3.63, 3.8) is 0 Å². The Bertz CT molecular complexity index is 324. The minimum Gasteiger partial charge on any atom is -0.401 e. The quantitative estimate of drug-likeness (QED) is 0.525. The molecule has 1 aromatic carbocycles. The fraction of sp³-hybridized carbons (Fsp3) is 0.462. The Balaban J connectivity index is 0.00000112. The summed E-state index contributed by atoms with van der Waals surface area (Å²) in [6.07, 6.45) is 3.60. The molecule has 0 aromatic heterocycles. The second kappa shape index (κ2) is 5.12. The van der Waals surface area contributed by atoms with Crippen LogP contribution in [0.5, 0.6) is 0 Å². The molecule has 2 heteroatoms. The van der Waals surface area contributed by atoms with E-state index in [1.54, 1.807) is 0 Å². The Labute approximate surface area is 106 Å². The third-order valence-electron chi connectivity index (χ3n) is 3.13. The molecule has 85 valence electrons. The molecular weight excluding hydrogens is 273 g/mol. The smallest absolute Gasteiger partial charge is 0.0373 e. The van der Waals surface area contributed by atoms with Crippen molar-refractivity contribution < 1.29 is 19.5 Å². The first-order valence-corrected chi connectivity index (χ1v) is 5.34. The minimum absolute atomic E-state index is 0. The Morgan fingerprint density at radius 2 is 1.93 bits per heavy atom. The van der Waals surface area contributed by atoms with Crippen LogP contribution in [0, 0.1) is 12.3 Å². The Morgan fingerprint density at radius 3 is 2.67 bits per heavy atom. The van der Waals surface area contributed by atoms with E-state index in [0.29, 0.717) is 12.0 Å². The standard InChI is InChI=1S/C13H18N.Rh/c1-10-8-11(2)14(3)13-7-5-4-6-12(13)9-10;/h4-8,10-11H,9H2,1-3H3;/q-1;. The van der Waals surface area contributed by atoms with Gasteiger partial charge in [-0.05, 0) is 11.6 Å². The number of hydrogen-bond acceptors (Lipinski definition) is 1. The number of anilines is 1. The monoisotopic (exact) mass is 291 g/mol. The molecule has 2 rings (SSSR count). The van der Waals surface area contributed by atoms with Crippen LogP contribution in [0.15, 0.2) is 24.3 Å². The fourth-order valence-corrected chi connectivity index (χ4v) is 2.27. The van der Waals surface area contributed by atoms with Crippen LogP contribution >= 0.6 is 0 Å². The van der Waals surface area contributed by atoms with E-state index in [1.807, 2.05) is 0 Å². The van der Waals surface area contributed by atoms with Crippen LogP contribution in [0.2, 0.25) is 0 Å². The van der Waals surface area contributed by atoms with Gasteiger partial charge in [-0.1, -0.05) is 44.5 Å². The predicted octanol–water partition coefficient (Wildman–Crippen LogP) is 2.91. The molecule has 1 nitrogen and oxygen atoms in total. The van der Waals surface area contributed by atoms with E-state index in [4.69, 9.17) is 0 Å². The molecule has 0 amide bonds. The average Bonchev–Trinajstić information content (AvgIpc) is 2.26. The summed E-state index contributed by atoms with van der Waals surface area (Å²) in [5.41, 5.74) is 2.86. The van der Waals surface area contributed by atoms with Crippen molar-refractivity contribution in [3.8, 4) is 0 Å². The molecule has 0 aliphatic carbocycles.